The number of nitro benzene ring substituents is 1. The van der Waals surface area contributed by atoms with Gasteiger partial charge in [0.05, 0.1) is 10.6 Å². The monoisotopic (exact) mass is 377 g/mol. The van der Waals surface area contributed by atoms with Crippen molar-refractivity contribution < 1.29 is 4.92 Å². The molecule has 2 rings (SSSR count). The Bertz CT molecular complexity index is 656. The van der Waals surface area contributed by atoms with Crippen LogP contribution in [0.4, 0.5) is 11.4 Å². The average molecular weight is 378 g/mol. The zero-order chi connectivity index (χ0) is 19.3. The fourth-order valence-electron chi connectivity index (χ4n) is 3.37. The summed E-state index contributed by atoms with van der Waals surface area (Å²) >= 11 is 1.82. The van der Waals surface area contributed by atoms with E-state index in [4.69, 9.17) is 4.99 Å². The number of hydrogen-bond acceptors (Lipinski definition) is 4. The van der Waals surface area contributed by atoms with Crippen LogP contribution in [-0.2, 0) is 0 Å². The van der Waals surface area contributed by atoms with Gasteiger partial charge in [-0.2, -0.15) is 0 Å². The Morgan fingerprint density at radius 1 is 1.35 bits per heavy atom. The van der Waals surface area contributed by atoms with E-state index < -0.39 is 0 Å². The summed E-state index contributed by atoms with van der Waals surface area (Å²) in [5, 5.41) is 12.0. The molecule has 1 aromatic rings. The van der Waals surface area contributed by atoms with Crippen LogP contribution in [-0.4, -0.2) is 33.3 Å². The molecule has 1 saturated heterocycles. The second-order valence-electron chi connectivity index (χ2n) is 7.55. The number of aliphatic imine (C=N–C) groups is 1. The molecule has 5 nitrogen and oxygen atoms in total. The molecule has 6 heteroatoms. The molecule has 1 aromatic carbocycles. The number of amidine groups is 1. The van der Waals surface area contributed by atoms with Crippen molar-refractivity contribution in [2.45, 2.75) is 59.9 Å². The maximum Gasteiger partial charge on any atom is 0.269 e. The van der Waals surface area contributed by atoms with Gasteiger partial charge in [0, 0.05) is 30.5 Å². The first-order chi connectivity index (χ1) is 12.3. The van der Waals surface area contributed by atoms with Crippen LogP contribution in [0.1, 0.15) is 52.5 Å². The van der Waals surface area contributed by atoms with Crippen molar-refractivity contribution in [3.8, 4) is 0 Å². The van der Waals surface area contributed by atoms with Gasteiger partial charge in [0.15, 0.2) is 5.17 Å². The molecule has 0 saturated carbocycles. The average Bonchev–Trinajstić information content (AvgIpc) is 2.95. The standard InChI is InChI=1S/C20H31N3O2S/c1-6-16(7-2)12-22-18(10-14(3)4)13-26-20(22)21-19-9-8-17(23(24)25)11-15(19)5/h8-9,11,14,16,18H,6-7,10,12-13H2,1-5H3/t18-/m0/s1. The van der Waals surface area contributed by atoms with E-state index in [-0.39, 0.29) is 10.6 Å². The highest BCUT2D eigenvalue weighted by Gasteiger charge is 2.31. The molecule has 1 aliphatic heterocycles. The Morgan fingerprint density at radius 3 is 2.58 bits per heavy atom. The van der Waals surface area contributed by atoms with E-state index in [1.54, 1.807) is 18.2 Å². The van der Waals surface area contributed by atoms with E-state index in [9.17, 15) is 10.1 Å². The summed E-state index contributed by atoms with van der Waals surface area (Å²) in [6.45, 7) is 12.0. The van der Waals surface area contributed by atoms with Gasteiger partial charge in [-0.3, -0.25) is 10.1 Å². The number of rotatable bonds is 8. The normalized spacial score (nSPS) is 19.1. The van der Waals surface area contributed by atoms with Crippen LogP contribution >= 0.6 is 11.8 Å². The predicted octanol–water partition coefficient (Wildman–Crippen LogP) is 5.79. The van der Waals surface area contributed by atoms with Gasteiger partial charge in [-0.05, 0) is 36.8 Å². The number of aryl methyl sites for hydroxylation is 1. The molecule has 0 N–H and O–H groups in total. The minimum atomic E-state index is -0.355. The molecule has 144 valence electrons. The topological polar surface area (TPSA) is 58.7 Å². The third kappa shape index (κ3) is 5.22. The first-order valence-corrected chi connectivity index (χ1v) is 10.6. The fourth-order valence-corrected chi connectivity index (χ4v) is 4.58. The first kappa shape index (κ1) is 20.7. The van der Waals surface area contributed by atoms with Crippen molar-refractivity contribution in [3.05, 3.63) is 33.9 Å². The van der Waals surface area contributed by atoms with E-state index in [0.717, 1.165) is 28.7 Å². The number of nitro groups is 1. The Kier molecular flexibility index (Phi) is 7.50. The highest BCUT2D eigenvalue weighted by atomic mass is 32.2. The second-order valence-corrected chi connectivity index (χ2v) is 8.54. The van der Waals surface area contributed by atoms with Gasteiger partial charge in [-0.25, -0.2) is 4.99 Å². The minimum Gasteiger partial charge on any atom is -0.347 e. The zero-order valence-corrected chi connectivity index (χ0v) is 17.4. The van der Waals surface area contributed by atoms with Gasteiger partial charge < -0.3 is 4.90 Å². The number of thioether (sulfide) groups is 1. The Balaban J connectivity index is 2.29. The largest absolute Gasteiger partial charge is 0.347 e. The number of hydrogen-bond donors (Lipinski definition) is 0. The summed E-state index contributed by atoms with van der Waals surface area (Å²) in [6, 6.07) is 5.45. The molecule has 1 atom stereocenters. The summed E-state index contributed by atoms with van der Waals surface area (Å²) in [6.07, 6.45) is 3.53. The van der Waals surface area contributed by atoms with E-state index in [2.05, 4.69) is 32.6 Å². The summed E-state index contributed by atoms with van der Waals surface area (Å²) < 4.78 is 0. The predicted molar refractivity (Wildman–Crippen MR) is 111 cm³/mol. The number of nitrogens with zero attached hydrogens (tertiary/aromatic N) is 3. The maximum atomic E-state index is 11.0. The highest BCUT2D eigenvalue weighted by molar-refractivity contribution is 8.14. The third-order valence-corrected chi connectivity index (χ3v) is 6.19. The summed E-state index contributed by atoms with van der Waals surface area (Å²) in [4.78, 5) is 18.0. The lowest BCUT2D eigenvalue weighted by Crippen LogP contribution is -2.38. The van der Waals surface area contributed by atoms with Crippen LogP contribution in [0.5, 0.6) is 0 Å². The molecule has 0 unspecified atom stereocenters. The van der Waals surface area contributed by atoms with Crippen molar-refractivity contribution in [3.63, 3.8) is 0 Å². The van der Waals surface area contributed by atoms with Gasteiger partial charge in [0.1, 0.15) is 0 Å². The lowest BCUT2D eigenvalue weighted by Gasteiger charge is -2.30. The van der Waals surface area contributed by atoms with E-state index in [1.807, 2.05) is 18.7 Å². The van der Waals surface area contributed by atoms with Crippen LogP contribution in [0.2, 0.25) is 0 Å². The van der Waals surface area contributed by atoms with Crippen LogP contribution < -0.4 is 0 Å². The van der Waals surface area contributed by atoms with Crippen LogP contribution in [0, 0.1) is 28.9 Å². The number of non-ortho nitro benzene ring substituents is 1. The van der Waals surface area contributed by atoms with Crippen molar-refractivity contribution in [1.29, 1.82) is 0 Å². The van der Waals surface area contributed by atoms with Gasteiger partial charge in [-0.1, -0.05) is 52.3 Å². The second kappa shape index (κ2) is 9.40. The van der Waals surface area contributed by atoms with Gasteiger partial charge in [-0.15, -0.1) is 0 Å². The van der Waals surface area contributed by atoms with E-state index >= 15 is 0 Å². The van der Waals surface area contributed by atoms with E-state index in [1.165, 1.54) is 19.3 Å². The molecular weight excluding hydrogens is 346 g/mol. The first-order valence-electron chi connectivity index (χ1n) is 9.58. The van der Waals surface area contributed by atoms with Gasteiger partial charge in [0.2, 0.25) is 0 Å². The molecule has 0 radical (unpaired) electrons. The fraction of sp³-hybridized carbons (Fsp3) is 0.650. The van der Waals surface area contributed by atoms with Crippen LogP contribution in [0.15, 0.2) is 23.2 Å². The van der Waals surface area contributed by atoms with Crippen molar-refractivity contribution >= 4 is 28.3 Å². The SMILES string of the molecule is CCC(CC)CN1C(=Nc2ccc([N+](=O)[O-])cc2C)SC[C@@H]1CC(C)C. The third-order valence-electron chi connectivity index (χ3n) is 5.05. The summed E-state index contributed by atoms with van der Waals surface area (Å²) in [5.41, 5.74) is 1.80. The van der Waals surface area contributed by atoms with E-state index in [0.29, 0.717) is 17.9 Å². The molecule has 0 aliphatic carbocycles. The highest BCUT2D eigenvalue weighted by Crippen LogP contribution is 2.33. The molecule has 0 bridgehead atoms. The van der Waals surface area contributed by atoms with Gasteiger partial charge in [0.25, 0.3) is 5.69 Å². The zero-order valence-electron chi connectivity index (χ0n) is 16.6. The summed E-state index contributed by atoms with van der Waals surface area (Å²) in [7, 11) is 0. The maximum absolute atomic E-state index is 11.0. The molecule has 0 amide bonds. The molecular formula is C20H31N3O2S. The molecule has 1 fully saturated rings. The van der Waals surface area contributed by atoms with Crippen molar-refractivity contribution in [2.24, 2.45) is 16.8 Å². The Labute approximate surface area is 161 Å². The van der Waals surface area contributed by atoms with Crippen LogP contribution in [0.3, 0.4) is 0 Å². The minimum absolute atomic E-state index is 0.122. The quantitative estimate of drug-likeness (QED) is 0.425. The molecule has 1 heterocycles. The Morgan fingerprint density at radius 2 is 2.04 bits per heavy atom. The lowest BCUT2D eigenvalue weighted by atomic mass is 10.00. The smallest absolute Gasteiger partial charge is 0.269 e. The number of benzene rings is 1. The summed E-state index contributed by atoms with van der Waals surface area (Å²) in [5.74, 6) is 2.40. The van der Waals surface area contributed by atoms with Crippen molar-refractivity contribution in [1.82, 2.24) is 4.90 Å². The van der Waals surface area contributed by atoms with Gasteiger partial charge >= 0.3 is 0 Å². The molecule has 0 spiro atoms. The Hall–Kier alpha value is -1.56. The van der Waals surface area contributed by atoms with Crippen molar-refractivity contribution in [2.75, 3.05) is 12.3 Å². The van der Waals surface area contributed by atoms with Crippen LogP contribution in [0.25, 0.3) is 0 Å². The molecule has 1 aliphatic rings. The molecule has 0 aromatic heterocycles. The lowest BCUT2D eigenvalue weighted by molar-refractivity contribution is -0.384. The molecule has 26 heavy (non-hydrogen) atoms.